The summed E-state index contributed by atoms with van der Waals surface area (Å²) in [7, 11) is 0. The summed E-state index contributed by atoms with van der Waals surface area (Å²) in [5, 5.41) is 3.67. The van der Waals surface area contributed by atoms with E-state index in [0.29, 0.717) is 5.41 Å². The van der Waals surface area contributed by atoms with Crippen LogP contribution >= 0.6 is 11.8 Å². The number of hydrogen-bond donors (Lipinski definition) is 1. The Morgan fingerprint density at radius 2 is 1.94 bits per heavy atom. The quantitative estimate of drug-likeness (QED) is 0.645. The van der Waals surface area contributed by atoms with E-state index in [0.717, 1.165) is 0 Å². The third-order valence-electron chi connectivity index (χ3n) is 3.90. The van der Waals surface area contributed by atoms with Crippen LogP contribution in [0, 0.1) is 5.41 Å². The summed E-state index contributed by atoms with van der Waals surface area (Å²) in [5.41, 5.74) is 0.656. The van der Waals surface area contributed by atoms with Gasteiger partial charge in [0.05, 0.1) is 0 Å². The van der Waals surface area contributed by atoms with Crippen LogP contribution in [0.15, 0.2) is 0 Å². The highest BCUT2D eigenvalue weighted by atomic mass is 32.2. The lowest BCUT2D eigenvalue weighted by molar-refractivity contribution is 0.166. The van der Waals surface area contributed by atoms with E-state index < -0.39 is 0 Å². The van der Waals surface area contributed by atoms with Crippen molar-refractivity contribution in [2.24, 2.45) is 5.41 Å². The molecule has 2 heteroatoms. The zero-order chi connectivity index (χ0) is 11.7. The van der Waals surface area contributed by atoms with E-state index in [4.69, 9.17) is 0 Å². The van der Waals surface area contributed by atoms with Gasteiger partial charge in [-0.05, 0) is 56.1 Å². The van der Waals surface area contributed by atoms with Crippen LogP contribution < -0.4 is 5.32 Å². The minimum absolute atomic E-state index is 0.656. The minimum Gasteiger partial charge on any atom is -0.316 e. The van der Waals surface area contributed by atoms with Crippen LogP contribution in [-0.2, 0) is 0 Å². The second kappa shape index (κ2) is 8.41. The predicted octanol–water partition coefficient (Wildman–Crippen LogP) is 4.08. The Morgan fingerprint density at radius 1 is 1.19 bits per heavy atom. The van der Waals surface area contributed by atoms with Gasteiger partial charge in [0.25, 0.3) is 0 Å². The van der Waals surface area contributed by atoms with E-state index in [-0.39, 0.29) is 0 Å². The van der Waals surface area contributed by atoms with Gasteiger partial charge in [-0.15, -0.1) is 0 Å². The van der Waals surface area contributed by atoms with Crippen LogP contribution in [0.1, 0.15) is 58.3 Å². The Morgan fingerprint density at radius 3 is 2.56 bits per heavy atom. The van der Waals surface area contributed by atoms with Gasteiger partial charge in [0.1, 0.15) is 0 Å². The minimum atomic E-state index is 0.656. The second-order valence-electron chi connectivity index (χ2n) is 5.33. The summed E-state index contributed by atoms with van der Waals surface area (Å²) in [6.45, 7) is 4.73. The Kier molecular flexibility index (Phi) is 7.55. The van der Waals surface area contributed by atoms with E-state index in [1.54, 1.807) is 0 Å². The van der Waals surface area contributed by atoms with Gasteiger partial charge in [0, 0.05) is 6.54 Å². The van der Waals surface area contributed by atoms with Crippen molar-refractivity contribution < 1.29 is 0 Å². The molecule has 0 radical (unpaired) electrons. The monoisotopic (exact) mass is 243 g/mol. The van der Waals surface area contributed by atoms with Gasteiger partial charge in [-0.3, -0.25) is 0 Å². The lowest BCUT2D eigenvalue weighted by atomic mass is 9.71. The van der Waals surface area contributed by atoms with Crippen molar-refractivity contribution in [1.82, 2.24) is 5.32 Å². The first-order valence-electron chi connectivity index (χ1n) is 7.03. The number of nitrogens with one attached hydrogen (secondary N) is 1. The van der Waals surface area contributed by atoms with E-state index in [9.17, 15) is 0 Å². The molecule has 0 bridgehead atoms. The molecule has 0 heterocycles. The second-order valence-corrected chi connectivity index (χ2v) is 6.32. The molecule has 0 saturated heterocycles. The average Bonchev–Trinajstić information content (AvgIpc) is 2.31. The summed E-state index contributed by atoms with van der Waals surface area (Å²) in [5.74, 6) is 1.34. The lowest BCUT2D eigenvalue weighted by Crippen LogP contribution is -2.36. The lowest BCUT2D eigenvalue weighted by Gasteiger charge is -2.38. The van der Waals surface area contributed by atoms with Gasteiger partial charge >= 0.3 is 0 Å². The SMILES string of the molecule is CCCNCC1(CCCSC)CCCCC1. The van der Waals surface area contributed by atoms with Crippen molar-refractivity contribution in [1.29, 1.82) is 0 Å². The molecule has 1 rings (SSSR count). The van der Waals surface area contributed by atoms with E-state index >= 15 is 0 Å². The highest BCUT2D eigenvalue weighted by Gasteiger charge is 2.30. The van der Waals surface area contributed by atoms with Crippen molar-refractivity contribution in [2.45, 2.75) is 58.3 Å². The van der Waals surface area contributed by atoms with Crippen LogP contribution in [0.2, 0.25) is 0 Å². The Bertz CT molecular complexity index is 152. The predicted molar refractivity (Wildman–Crippen MR) is 76.3 cm³/mol. The van der Waals surface area contributed by atoms with E-state index in [1.165, 1.54) is 70.2 Å². The van der Waals surface area contributed by atoms with Gasteiger partial charge in [0.2, 0.25) is 0 Å². The van der Waals surface area contributed by atoms with Gasteiger partial charge in [-0.2, -0.15) is 11.8 Å². The summed E-state index contributed by atoms with van der Waals surface area (Å²) in [6.07, 6.45) is 13.7. The molecule has 1 fully saturated rings. The molecule has 0 aromatic carbocycles. The molecule has 0 atom stereocenters. The zero-order valence-corrected chi connectivity index (χ0v) is 12.0. The zero-order valence-electron chi connectivity index (χ0n) is 11.2. The fourth-order valence-electron chi connectivity index (χ4n) is 2.94. The third-order valence-corrected chi connectivity index (χ3v) is 4.59. The van der Waals surface area contributed by atoms with Crippen molar-refractivity contribution >= 4 is 11.8 Å². The van der Waals surface area contributed by atoms with Crippen LogP contribution in [-0.4, -0.2) is 25.1 Å². The van der Waals surface area contributed by atoms with Gasteiger partial charge in [0.15, 0.2) is 0 Å². The first-order chi connectivity index (χ1) is 7.83. The smallest absolute Gasteiger partial charge is 0.000781 e. The van der Waals surface area contributed by atoms with Crippen molar-refractivity contribution in [3.8, 4) is 0 Å². The molecule has 0 aliphatic heterocycles. The number of thioether (sulfide) groups is 1. The molecular weight excluding hydrogens is 214 g/mol. The first kappa shape index (κ1) is 14.4. The molecule has 1 aliphatic rings. The molecule has 1 saturated carbocycles. The normalized spacial score (nSPS) is 19.9. The highest BCUT2D eigenvalue weighted by molar-refractivity contribution is 7.98. The van der Waals surface area contributed by atoms with Crippen LogP contribution in [0.3, 0.4) is 0 Å². The maximum Gasteiger partial charge on any atom is 0.000781 e. The van der Waals surface area contributed by atoms with Crippen LogP contribution in [0.25, 0.3) is 0 Å². The molecule has 0 aromatic heterocycles. The largest absolute Gasteiger partial charge is 0.316 e. The Hall–Kier alpha value is 0.310. The molecule has 16 heavy (non-hydrogen) atoms. The van der Waals surface area contributed by atoms with Crippen LogP contribution in [0.5, 0.6) is 0 Å². The topological polar surface area (TPSA) is 12.0 Å². The average molecular weight is 243 g/mol. The van der Waals surface area contributed by atoms with Crippen molar-refractivity contribution in [3.05, 3.63) is 0 Å². The summed E-state index contributed by atoms with van der Waals surface area (Å²) in [6, 6.07) is 0. The summed E-state index contributed by atoms with van der Waals surface area (Å²) < 4.78 is 0. The molecule has 1 N–H and O–H groups in total. The molecule has 0 aromatic rings. The highest BCUT2D eigenvalue weighted by Crippen LogP contribution is 2.39. The number of hydrogen-bond acceptors (Lipinski definition) is 2. The fraction of sp³-hybridized carbons (Fsp3) is 1.00. The van der Waals surface area contributed by atoms with Gasteiger partial charge in [-0.25, -0.2) is 0 Å². The molecule has 0 amide bonds. The van der Waals surface area contributed by atoms with Crippen molar-refractivity contribution in [2.75, 3.05) is 25.1 Å². The standard InChI is InChI=1S/C14H29NS/c1-3-11-15-13-14(10-7-12-16-2)8-5-4-6-9-14/h15H,3-13H2,1-2H3. The molecule has 0 spiro atoms. The maximum atomic E-state index is 3.67. The summed E-state index contributed by atoms with van der Waals surface area (Å²) >= 11 is 2.00. The molecular formula is C14H29NS. The molecule has 96 valence electrons. The molecule has 1 aliphatic carbocycles. The third kappa shape index (κ3) is 5.09. The van der Waals surface area contributed by atoms with Crippen LogP contribution in [0.4, 0.5) is 0 Å². The Labute approximate surface area is 106 Å². The maximum absolute atomic E-state index is 3.67. The fourth-order valence-corrected chi connectivity index (χ4v) is 3.37. The van der Waals surface area contributed by atoms with Crippen molar-refractivity contribution in [3.63, 3.8) is 0 Å². The van der Waals surface area contributed by atoms with E-state index in [2.05, 4.69) is 18.5 Å². The van der Waals surface area contributed by atoms with Gasteiger partial charge < -0.3 is 5.32 Å². The molecule has 0 unspecified atom stereocenters. The number of rotatable bonds is 8. The van der Waals surface area contributed by atoms with Gasteiger partial charge in [-0.1, -0.05) is 26.2 Å². The first-order valence-corrected chi connectivity index (χ1v) is 8.42. The molecule has 1 nitrogen and oxygen atoms in total. The van der Waals surface area contributed by atoms with E-state index in [1.807, 2.05) is 11.8 Å². The summed E-state index contributed by atoms with van der Waals surface area (Å²) in [4.78, 5) is 0. The Balaban J connectivity index is 2.33.